The van der Waals surface area contributed by atoms with Crippen LogP contribution in [0.5, 0.6) is 0 Å². The molecule has 266 valence electrons. The summed E-state index contributed by atoms with van der Waals surface area (Å²) in [5, 5.41) is 7.24. The standard InChI is InChI=1S/C37H38F2N6O6/c1-25-9-8-14-28(19-25)34-41-22-30(40-21-27-12-6-3-7-13-27)35(49)45(34)24-31(46)43-29(20-26-10-4-2-5-11-26)33(48)37(38,39)36(50)42-23-32(47)44-15-17-51-18-16-44/h2-14,19,22,29,40H,15-18,20-21,23-24H2,1H3,(H,42,50)(H,43,46). The average molecular weight is 701 g/mol. The number of hydrogen-bond donors (Lipinski definition) is 3. The maximum absolute atomic E-state index is 15.5. The van der Waals surface area contributed by atoms with E-state index in [-0.39, 0.29) is 50.8 Å². The Balaban J connectivity index is 1.38. The zero-order valence-electron chi connectivity index (χ0n) is 27.9. The van der Waals surface area contributed by atoms with E-state index < -0.39 is 54.1 Å². The largest absolute Gasteiger partial charge is 0.383 e. The number of halogens is 2. The highest BCUT2D eigenvalue weighted by molar-refractivity contribution is 6.11. The minimum absolute atomic E-state index is 0.0924. The summed E-state index contributed by atoms with van der Waals surface area (Å²) in [5.74, 6) is -9.86. The van der Waals surface area contributed by atoms with Crippen LogP contribution in [0, 0.1) is 6.92 Å². The molecule has 4 aromatic rings. The highest BCUT2D eigenvalue weighted by atomic mass is 19.3. The van der Waals surface area contributed by atoms with E-state index in [0.29, 0.717) is 11.1 Å². The van der Waals surface area contributed by atoms with Gasteiger partial charge in [-0.3, -0.25) is 28.5 Å². The molecule has 1 unspecified atom stereocenters. The molecule has 0 spiro atoms. The van der Waals surface area contributed by atoms with Crippen molar-refractivity contribution in [3.8, 4) is 11.4 Å². The molecule has 1 aromatic heterocycles. The number of rotatable bonds is 14. The number of carbonyl (C=O) groups excluding carboxylic acids is 4. The van der Waals surface area contributed by atoms with Crippen LogP contribution in [0.3, 0.4) is 0 Å². The van der Waals surface area contributed by atoms with Crippen LogP contribution < -0.4 is 21.5 Å². The normalized spacial score (nSPS) is 13.6. The van der Waals surface area contributed by atoms with E-state index in [1.54, 1.807) is 48.5 Å². The molecule has 1 fully saturated rings. The van der Waals surface area contributed by atoms with Crippen molar-refractivity contribution < 1.29 is 32.7 Å². The second-order valence-corrected chi connectivity index (χ2v) is 12.0. The van der Waals surface area contributed by atoms with Crippen molar-refractivity contribution in [1.29, 1.82) is 0 Å². The summed E-state index contributed by atoms with van der Waals surface area (Å²) >= 11 is 0. The third kappa shape index (κ3) is 9.48. The average Bonchev–Trinajstić information content (AvgIpc) is 3.14. The van der Waals surface area contributed by atoms with Crippen LogP contribution in [0.2, 0.25) is 0 Å². The Morgan fingerprint density at radius 2 is 1.59 bits per heavy atom. The number of Topliss-reactive ketones (excluding diaryl/α,β-unsaturated/α-hetero) is 1. The number of ketones is 1. The van der Waals surface area contributed by atoms with Gasteiger partial charge in [0.2, 0.25) is 17.6 Å². The second kappa shape index (κ2) is 16.8. The predicted molar refractivity (Wildman–Crippen MR) is 185 cm³/mol. The fourth-order valence-corrected chi connectivity index (χ4v) is 5.53. The number of morpholine rings is 1. The van der Waals surface area contributed by atoms with Crippen molar-refractivity contribution in [2.75, 3.05) is 38.2 Å². The SMILES string of the molecule is Cc1cccc(-c2ncc(NCc3ccccc3)c(=O)n2CC(=O)NC(Cc2ccccc2)C(=O)C(F)(F)C(=O)NCC(=O)N2CCOCC2)c1. The number of amides is 3. The van der Waals surface area contributed by atoms with Crippen LogP contribution in [0.1, 0.15) is 16.7 Å². The molecule has 3 aromatic carbocycles. The maximum atomic E-state index is 15.5. The summed E-state index contributed by atoms with van der Waals surface area (Å²) in [5.41, 5.74) is 2.21. The van der Waals surface area contributed by atoms with Crippen molar-refractivity contribution in [1.82, 2.24) is 25.1 Å². The summed E-state index contributed by atoms with van der Waals surface area (Å²) in [6.07, 6.45) is 0.986. The lowest BCUT2D eigenvalue weighted by atomic mass is 9.98. The Hall–Kier alpha value is -5.76. The van der Waals surface area contributed by atoms with Gasteiger partial charge in [0.1, 0.15) is 18.1 Å². The third-order valence-corrected chi connectivity index (χ3v) is 8.24. The van der Waals surface area contributed by atoms with Gasteiger partial charge in [0.05, 0.1) is 32.0 Å². The second-order valence-electron chi connectivity index (χ2n) is 12.0. The molecule has 0 radical (unpaired) electrons. The predicted octanol–water partition coefficient (Wildman–Crippen LogP) is 2.74. The zero-order valence-corrected chi connectivity index (χ0v) is 27.9. The van der Waals surface area contributed by atoms with Gasteiger partial charge in [0, 0.05) is 31.6 Å². The molecule has 5 rings (SSSR count). The smallest absolute Gasteiger partial charge is 0.378 e. The zero-order chi connectivity index (χ0) is 36.4. The number of alkyl halides is 2. The fraction of sp³-hybridized carbons (Fsp3) is 0.297. The first kappa shape index (κ1) is 36.5. The van der Waals surface area contributed by atoms with Crippen LogP contribution in [-0.2, 0) is 43.4 Å². The van der Waals surface area contributed by atoms with Gasteiger partial charge in [-0.2, -0.15) is 8.78 Å². The lowest BCUT2D eigenvalue weighted by Crippen LogP contribution is -2.57. The first-order valence-electron chi connectivity index (χ1n) is 16.4. The monoisotopic (exact) mass is 700 g/mol. The lowest BCUT2D eigenvalue weighted by Gasteiger charge is -2.27. The first-order valence-corrected chi connectivity index (χ1v) is 16.4. The molecule has 3 N–H and O–H groups in total. The number of hydrogen-bond acceptors (Lipinski definition) is 8. The molecule has 0 bridgehead atoms. The molecule has 3 amide bonds. The minimum atomic E-state index is -4.61. The Morgan fingerprint density at radius 3 is 2.25 bits per heavy atom. The van der Waals surface area contributed by atoms with Crippen LogP contribution in [0.15, 0.2) is 95.9 Å². The number of ether oxygens (including phenoxy) is 1. The van der Waals surface area contributed by atoms with Gasteiger partial charge in [-0.1, -0.05) is 84.4 Å². The van der Waals surface area contributed by atoms with E-state index in [1.807, 2.05) is 48.6 Å². The third-order valence-electron chi connectivity index (χ3n) is 8.24. The van der Waals surface area contributed by atoms with Gasteiger partial charge in [-0.05, 0) is 24.1 Å². The molecule has 12 nitrogen and oxygen atoms in total. The molecule has 51 heavy (non-hydrogen) atoms. The first-order chi connectivity index (χ1) is 24.5. The highest BCUT2D eigenvalue weighted by Crippen LogP contribution is 2.21. The van der Waals surface area contributed by atoms with E-state index in [0.717, 1.165) is 15.7 Å². The molecule has 2 heterocycles. The topological polar surface area (TPSA) is 152 Å². The van der Waals surface area contributed by atoms with Crippen molar-refractivity contribution in [3.63, 3.8) is 0 Å². The summed E-state index contributed by atoms with van der Waals surface area (Å²) < 4.78 is 37.2. The van der Waals surface area contributed by atoms with E-state index in [2.05, 4.69) is 15.6 Å². The van der Waals surface area contributed by atoms with E-state index in [4.69, 9.17) is 4.74 Å². The molecule has 1 aliphatic heterocycles. The van der Waals surface area contributed by atoms with Gasteiger partial charge < -0.3 is 25.6 Å². The Kier molecular flexibility index (Phi) is 12.0. The van der Waals surface area contributed by atoms with Crippen molar-refractivity contribution in [3.05, 3.63) is 118 Å². The molecular formula is C37H38F2N6O6. The highest BCUT2D eigenvalue weighted by Gasteiger charge is 2.50. The van der Waals surface area contributed by atoms with Crippen molar-refractivity contribution >= 4 is 29.2 Å². The van der Waals surface area contributed by atoms with Gasteiger partial charge in [0.15, 0.2) is 0 Å². The van der Waals surface area contributed by atoms with Crippen LogP contribution in [0.25, 0.3) is 11.4 Å². The van der Waals surface area contributed by atoms with Crippen molar-refractivity contribution in [2.45, 2.75) is 38.4 Å². The van der Waals surface area contributed by atoms with Crippen molar-refractivity contribution in [2.24, 2.45) is 0 Å². The molecular weight excluding hydrogens is 662 g/mol. The van der Waals surface area contributed by atoms with Crippen LogP contribution in [0.4, 0.5) is 14.5 Å². The van der Waals surface area contributed by atoms with Crippen LogP contribution >= 0.6 is 0 Å². The molecule has 14 heteroatoms. The number of aryl methyl sites for hydroxylation is 1. The summed E-state index contributed by atoms with van der Waals surface area (Å²) in [7, 11) is 0. The Morgan fingerprint density at radius 1 is 0.922 bits per heavy atom. The van der Waals surface area contributed by atoms with E-state index in [1.165, 1.54) is 11.1 Å². The molecule has 0 saturated carbocycles. The fourth-order valence-electron chi connectivity index (χ4n) is 5.53. The summed E-state index contributed by atoms with van der Waals surface area (Å²) in [4.78, 5) is 71.7. The lowest BCUT2D eigenvalue weighted by molar-refractivity contribution is -0.161. The number of nitrogens with one attached hydrogen (secondary N) is 3. The Labute approximate surface area is 292 Å². The molecule has 1 saturated heterocycles. The van der Waals surface area contributed by atoms with Crippen LogP contribution in [-0.4, -0.2) is 82.8 Å². The maximum Gasteiger partial charge on any atom is 0.383 e. The van der Waals surface area contributed by atoms with Gasteiger partial charge in [-0.25, -0.2) is 4.98 Å². The van der Waals surface area contributed by atoms with Gasteiger partial charge in [-0.15, -0.1) is 0 Å². The van der Waals surface area contributed by atoms with Gasteiger partial charge in [0.25, 0.3) is 11.5 Å². The number of carbonyl (C=O) groups is 4. The molecule has 1 atom stereocenters. The number of nitrogens with zero attached hydrogens (tertiary/aromatic N) is 3. The van der Waals surface area contributed by atoms with Gasteiger partial charge >= 0.3 is 5.92 Å². The minimum Gasteiger partial charge on any atom is -0.378 e. The number of anilines is 1. The molecule has 0 aliphatic carbocycles. The number of benzene rings is 3. The summed E-state index contributed by atoms with van der Waals surface area (Å²) in [6, 6.07) is 22.7. The number of aromatic nitrogens is 2. The summed E-state index contributed by atoms with van der Waals surface area (Å²) in [6.45, 7) is 1.75. The molecule has 1 aliphatic rings. The quantitative estimate of drug-likeness (QED) is 0.170. The van der Waals surface area contributed by atoms with E-state index in [9.17, 15) is 24.0 Å². The van der Waals surface area contributed by atoms with E-state index >= 15 is 8.78 Å². The Bertz CT molecular complexity index is 1920.